The molecule has 0 amide bonds. The Kier molecular flexibility index (Phi) is 4.92. The van der Waals surface area contributed by atoms with Crippen LogP contribution in [0.25, 0.3) is 0 Å². The summed E-state index contributed by atoms with van der Waals surface area (Å²) in [5.74, 6) is 0.617. The number of nitrogens with zero attached hydrogens (tertiary/aromatic N) is 1. The molecule has 2 aromatic carbocycles. The van der Waals surface area contributed by atoms with Gasteiger partial charge < -0.3 is 5.32 Å². The summed E-state index contributed by atoms with van der Waals surface area (Å²) in [6, 6.07) is 17.5. The molecule has 3 aromatic rings. The van der Waals surface area contributed by atoms with Crippen molar-refractivity contribution in [2.45, 2.75) is 11.8 Å². The molecule has 0 fully saturated rings. The lowest BCUT2D eigenvalue weighted by molar-refractivity contribution is 0.601. The second kappa shape index (κ2) is 7.13. The van der Waals surface area contributed by atoms with E-state index in [1.807, 2.05) is 31.2 Å². The number of pyridine rings is 1. The SMILES string of the molecule is Cc1cccc(Nc2ccc(NS(=O)(=O)c3ccccc3Cl)cn2)c1. The van der Waals surface area contributed by atoms with Crippen LogP contribution in [0, 0.1) is 6.92 Å². The zero-order valence-corrected chi connectivity index (χ0v) is 15.0. The molecule has 25 heavy (non-hydrogen) atoms. The second-order valence-electron chi connectivity index (χ2n) is 5.46. The molecule has 2 N–H and O–H groups in total. The summed E-state index contributed by atoms with van der Waals surface area (Å²) in [6.07, 6.45) is 1.45. The third-order valence-electron chi connectivity index (χ3n) is 3.43. The minimum atomic E-state index is -3.76. The fourth-order valence-corrected chi connectivity index (χ4v) is 3.84. The smallest absolute Gasteiger partial charge is 0.263 e. The number of rotatable bonds is 5. The van der Waals surface area contributed by atoms with Crippen molar-refractivity contribution < 1.29 is 8.42 Å². The summed E-state index contributed by atoms with van der Waals surface area (Å²) < 4.78 is 27.3. The first-order chi connectivity index (χ1) is 11.9. The Bertz CT molecular complexity index is 989. The zero-order valence-electron chi connectivity index (χ0n) is 13.4. The lowest BCUT2D eigenvalue weighted by Gasteiger charge is -2.10. The van der Waals surface area contributed by atoms with Crippen molar-refractivity contribution in [3.05, 3.63) is 77.4 Å². The molecule has 128 valence electrons. The van der Waals surface area contributed by atoms with E-state index in [0.717, 1.165) is 11.3 Å². The van der Waals surface area contributed by atoms with Crippen molar-refractivity contribution in [2.24, 2.45) is 0 Å². The van der Waals surface area contributed by atoms with E-state index in [1.165, 1.54) is 18.3 Å². The van der Waals surface area contributed by atoms with Crippen LogP contribution in [-0.4, -0.2) is 13.4 Å². The van der Waals surface area contributed by atoms with Crippen LogP contribution in [0.15, 0.2) is 71.8 Å². The first kappa shape index (κ1) is 17.3. The standard InChI is InChI=1S/C18H16ClN3O2S/c1-13-5-4-6-14(11-13)21-18-10-9-15(12-20-18)22-25(23,24)17-8-3-2-7-16(17)19/h2-12,22H,1H3,(H,20,21). The van der Waals surface area contributed by atoms with Gasteiger partial charge in [-0.15, -0.1) is 0 Å². The van der Waals surface area contributed by atoms with Gasteiger partial charge in [-0.2, -0.15) is 0 Å². The number of hydrogen-bond donors (Lipinski definition) is 2. The maximum atomic E-state index is 12.4. The number of anilines is 3. The lowest BCUT2D eigenvalue weighted by Crippen LogP contribution is -2.13. The number of halogens is 1. The van der Waals surface area contributed by atoms with Crippen LogP contribution in [0.4, 0.5) is 17.2 Å². The van der Waals surface area contributed by atoms with E-state index in [1.54, 1.807) is 24.3 Å². The minimum absolute atomic E-state index is 0.0265. The summed E-state index contributed by atoms with van der Waals surface area (Å²) in [7, 11) is -3.76. The van der Waals surface area contributed by atoms with Crippen molar-refractivity contribution in [2.75, 3.05) is 10.0 Å². The predicted octanol–water partition coefficient (Wildman–Crippen LogP) is 4.59. The molecule has 1 aromatic heterocycles. The molecule has 1 heterocycles. The summed E-state index contributed by atoms with van der Waals surface area (Å²) in [5.41, 5.74) is 2.40. The van der Waals surface area contributed by atoms with Crippen LogP contribution >= 0.6 is 11.6 Å². The highest BCUT2D eigenvalue weighted by Crippen LogP contribution is 2.24. The Morgan fingerprint density at radius 1 is 0.960 bits per heavy atom. The number of nitrogens with one attached hydrogen (secondary N) is 2. The molecule has 0 unspecified atom stereocenters. The predicted molar refractivity (Wildman–Crippen MR) is 101 cm³/mol. The lowest BCUT2D eigenvalue weighted by atomic mass is 10.2. The van der Waals surface area contributed by atoms with Gasteiger partial charge in [-0.25, -0.2) is 13.4 Å². The maximum Gasteiger partial charge on any atom is 0.263 e. The van der Waals surface area contributed by atoms with E-state index < -0.39 is 10.0 Å². The molecule has 0 atom stereocenters. The highest BCUT2D eigenvalue weighted by molar-refractivity contribution is 7.92. The number of benzene rings is 2. The number of aromatic nitrogens is 1. The highest BCUT2D eigenvalue weighted by atomic mass is 35.5. The van der Waals surface area contributed by atoms with Crippen molar-refractivity contribution in [3.63, 3.8) is 0 Å². The van der Waals surface area contributed by atoms with E-state index in [4.69, 9.17) is 11.6 Å². The van der Waals surface area contributed by atoms with Crippen LogP contribution in [0.3, 0.4) is 0 Å². The van der Waals surface area contributed by atoms with Gasteiger partial charge in [0.1, 0.15) is 10.7 Å². The Morgan fingerprint density at radius 2 is 1.76 bits per heavy atom. The van der Waals surface area contributed by atoms with Crippen LogP contribution < -0.4 is 10.0 Å². The molecular weight excluding hydrogens is 358 g/mol. The first-order valence-corrected chi connectivity index (χ1v) is 9.37. The molecule has 0 bridgehead atoms. The Hall–Kier alpha value is -2.57. The molecule has 0 radical (unpaired) electrons. The van der Waals surface area contributed by atoms with Crippen LogP contribution in [0.2, 0.25) is 5.02 Å². The Morgan fingerprint density at radius 3 is 2.44 bits per heavy atom. The fraction of sp³-hybridized carbons (Fsp3) is 0.0556. The molecule has 0 aliphatic heterocycles. The first-order valence-electron chi connectivity index (χ1n) is 7.51. The number of aryl methyl sites for hydroxylation is 1. The van der Waals surface area contributed by atoms with Gasteiger partial charge in [-0.05, 0) is 48.9 Å². The molecule has 7 heteroatoms. The molecule has 0 spiro atoms. The third-order valence-corrected chi connectivity index (χ3v) is 5.31. The van der Waals surface area contributed by atoms with Crippen molar-refractivity contribution in [3.8, 4) is 0 Å². The maximum absolute atomic E-state index is 12.4. The van der Waals surface area contributed by atoms with Gasteiger partial charge in [0.25, 0.3) is 10.0 Å². The molecule has 3 rings (SSSR count). The van der Waals surface area contributed by atoms with Crippen molar-refractivity contribution >= 4 is 38.8 Å². The fourth-order valence-electron chi connectivity index (χ4n) is 2.27. The highest BCUT2D eigenvalue weighted by Gasteiger charge is 2.17. The zero-order chi connectivity index (χ0) is 17.9. The average molecular weight is 374 g/mol. The Balaban J connectivity index is 1.75. The molecular formula is C18H16ClN3O2S. The van der Waals surface area contributed by atoms with E-state index in [2.05, 4.69) is 15.0 Å². The summed E-state index contributed by atoms with van der Waals surface area (Å²) in [6.45, 7) is 2.01. The van der Waals surface area contributed by atoms with Crippen LogP contribution in [0.1, 0.15) is 5.56 Å². The summed E-state index contributed by atoms with van der Waals surface area (Å²) >= 11 is 5.96. The average Bonchev–Trinajstić information content (AvgIpc) is 2.57. The summed E-state index contributed by atoms with van der Waals surface area (Å²) in [5, 5.41) is 3.33. The molecule has 0 aliphatic rings. The van der Waals surface area contributed by atoms with E-state index in [9.17, 15) is 8.42 Å². The summed E-state index contributed by atoms with van der Waals surface area (Å²) in [4.78, 5) is 4.26. The number of sulfonamides is 1. The largest absolute Gasteiger partial charge is 0.340 e. The van der Waals surface area contributed by atoms with Gasteiger partial charge in [0.05, 0.1) is 16.9 Å². The van der Waals surface area contributed by atoms with E-state index in [0.29, 0.717) is 11.5 Å². The number of hydrogen-bond acceptors (Lipinski definition) is 4. The van der Waals surface area contributed by atoms with Gasteiger partial charge >= 0.3 is 0 Å². The second-order valence-corrected chi connectivity index (χ2v) is 7.52. The topological polar surface area (TPSA) is 71.1 Å². The molecule has 0 saturated carbocycles. The van der Waals surface area contributed by atoms with Gasteiger partial charge in [0.2, 0.25) is 0 Å². The van der Waals surface area contributed by atoms with Crippen LogP contribution in [-0.2, 0) is 10.0 Å². The quantitative estimate of drug-likeness (QED) is 0.686. The third kappa shape index (κ3) is 4.29. The van der Waals surface area contributed by atoms with Gasteiger partial charge in [-0.1, -0.05) is 35.9 Å². The monoisotopic (exact) mass is 373 g/mol. The minimum Gasteiger partial charge on any atom is -0.340 e. The Labute approximate surface area is 151 Å². The molecule has 0 aliphatic carbocycles. The normalized spacial score (nSPS) is 11.1. The molecule has 5 nitrogen and oxygen atoms in total. The van der Waals surface area contributed by atoms with E-state index >= 15 is 0 Å². The van der Waals surface area contributed by atoms with E-state index in [-0.39, 0.29) is 9.92 Å². The van der Waals surface area contributed by atoms with Crippen molar-refractivity contribution in [1.29, 1.82) is 0 Å². The van der Waals surface area contributed by atoms with Crippen molar-refractivity contribution in [1.82, 2.24) is 4.98 Å². The van der Waals surface area contributed by atoms with Crippen LogP contribution in [0.5, 0.6) is 0 Å². The van der Waals surface area contributed by atoms with Gasteiger partial charge in [-0.3, -0.25) is 4.72 Å². The van der Waals surface area contributed by atoms with Gasteiger partial charge in [0.15, 0.2) is 0 Å². The van der Waals surface area contributed by atoms with Gasteiger partial charge in [0, 0.05) is 5.69 Å². The molecule has 0 saturated heterocycles.